The molecule has 6 nitrogen and oxygen atoms in total. The van der Waals surface area contributed by atoms with E-state index in [0.717, 1.165) is 5.56 Å². The number of non-ortho nitro benzene ring substituents is 1. The van der Waals surface area contributed by atoms with Gasteiger partial charge in [0.15, 0.2) is 5.78 Å². The molecule has 0 aromatic heterocycles. The van der Waals surface area contributed by atoms with Gasteiger partial charge in [-0.15, -0.1) is 0 Å². The van der Waals surface area contributed by atoms with Crippen LogP contribution in [0.2, 0.25) is 5.02 Å². The minimum atomic E-state index is -0.490. The summed E-state index contributed by atoms with van der Waals surface area (Å²) in [7, 11) is 0. The average molecular weight is 397 g/mol. The lowest BCUT2D eigenvalue weighted by Crippen LogP contribution is -2.40. The van der Waals surface area contributed by atoms with Crippen LogP contribution < -0.4 is 4.90 Å². The lowest BCUT2D eigenvalue weighted by atomic mass is 9.77. The number of nitro groups is 1. The Morgan fingerprint density at radius 1 is 1.07 bits per heavy atom. The molecule has 2 aliphatic rings. The van der Waals surface area contributed by atoms with Crippen LogP contribution in [0.5, 0.6) is 0 Å². The molecule has 1 heterocycles. The Balaban J connectivity index is 1.84. The van der Waals surface area contributed by atoms with E-state index in [1.54, 1.807) is 24.3 Å². The Morgan fingerprint density at radius 2 is 1.82 bits per heavy atom. The molecule has 1 unspecified atom stereocenters. The second-order valence-corrected chi connectivity index (χ2v) is 7.39. The van der Waals surface area contributed by atoms with Crippen LogP contribution in [-0.2, 0) is 9.59 Å². The number of nitrogens with zero attached hydrogens (tertiary/aromatic N) is 2. The van der Waals surface area contributed by atoms with Crippen molar-refractivity contribution < 1.29 is 14.5 Å². The first kappa shape index (κ1) is 18.4. The van der Waals surface area contributed by atoms with Gasteiger partial charge in [-0.25, -0.2) is 0 Å². The van der Waals surface area contributed by atoms with E-state index in [1.165, 1.54) is 17.0 Å². The molecule has 2 aromatic carbocycles. The van der Waals surface area contributed by atoms with E-state index in [1.807, 2.05) is 12.1 Å². The number of rotatable bonds is 3. The third-order valence-electron chi connectivity index (χ3n) is 5.25. The molecule has 0 saturated carbocycles. The molecule has 7 heteroatoms. The zero-order valence-corrected chi connectivity index (χ0v) is 15.7. The van der Waals surface area contributed by atoms with Gasteiger partial charge in [-0.3, -0.25) is 24.6 Å². The quantitative estimate of drug-likeness (QED) is 0.552. The van der Waals surface area contributed by atoms with Crippen molar-refractivity contribution in [3.05, 3.63) is 80.5 Å². The van der Waals surface area contributed by atoms with Crippen LogP contribution in [0.25, 0.3) is 0 Å². The summed E-state index contributed by atoms with van der Waals surface area (Å²) >= 11 is 5.98. The van der Waals surface area contributed by atoms with Gasteiger partial charge in [0.1, 0.15) is 0 Å². The van der Waals surface area contributed by atoms with Gasteiger partial charge in [0.2, 0.25) is 5.91 Å². The Hall–Kier alpha value is -2.99. The maximum atomic E-state index is 13.1. The van der Waals surface area contributed by atoms with Crippen molar-refractivity contribution in [2.24, 2.45) is 0 Å². The van der Waals surface area contributed by atoms with Crippen molar-refractivity contribution in [1.82, 2.24) is 0 Å². The van der Waals surface area contributed by atoms with Crippen LogP contribution >= 0.6 is 11.6 Å². The number of hydrogen-bond donors (Lipinski definition) is 0. The van der Waals surface area contributed by atoms with Crippen molar-refractivity contribution in [1.29, 1.82) is 0 Å². The molecule has 1 aliphatic heterocycles. The van der Waals surface area contributed by atoms with Gasteiger partial charge in [0.05, 0.1) is 10.6 Å². The smallest absolute Gasteiger partial charge is 0.271 e. The first-order chi connectivity index (χ1) is 13.5. The number of carbonyl (C=O) groups excluding carboxylic acids is 2. The van der Waals surface area contributed by atoms with Crippen molar-refractivity contribution in [2.45, 2.75) is 31.6 Å². The van der Waals surface area contributed by atoms with Crippen molar-refractivity contribution in [3.63, 3.8) is 0 Å². The van der Waals surface area contributed by atoms with Gasteiger partial charge in [0.25, 0.3) is 5.69 Å². The van der Waals surface area contributed by atoms with E-state index in [0.29, 0.717) is 41.2 Å². The Labute approximate surface area is 166 Å². The highest BCUT2D eigenvalue weighted by atomic mass is 35.5. The molecule has 0 radical (unpaired) electrons. The number of benzene rings is 2. The average Bonchev–Trinajstić information content (AvgIpc) is 2.68. The zero-order chi connectivity index (χ0) is 19.8. The van der Waals surface area contributed by atoms with Crippen molar-refractivity contribution >= 4 is 34.7 Å². The number of Topliss-reactive ketones (excluding diaryl/α,β-unsaturated/α-hetero) is 1. The normalized spacial score (nSPS) is 19.6. The third-order valence-corrected chi connectivity index (χ3v) is 5.50. The molecule has 0 fully saturated rings. The second kappa shape index (κ2) is 7.20. The van der Waals surface area contributed by atoms with Crippen LogP contribution in [0.4, 0.5) is 11.4 Å². The monoisotopic (exact) mass is 396 g/mol. The van der Waals surface area contributed by atoms with E-state index in [4.69, 9.17) is 11.6 Å². The van der Waals surface area contributed by atoms with Gasteiger partial charge in [-0.2, -0.15) is 0 Å². The fourth-order valence-electron chi connectivity index (χ4n) is 4.02. The summed E-state index contributed by atoms with van der Waals surface area (Å²) in [6.45, 7) is 0. The molecule has 0 spiro atoms. The summed E-state index contributed by atoms with van der Waals surface area (Å²) in [4.78, 5) is 38.0. The van der Waals surface area contributed by atoms with Crippen LogP contribution in [-0.4, -0.2) is 16.6 Å². The number of ketones is 1. The SMILES string of the molecule is O=C1CCCC2=C1C(c1ccc(Cl)cc1)CC(=O)N2c1cccc([N+](=O)[O-])c1. The topological polar surface area (TPSA) is 80.5 Å². The molecular weight excluding hydrogens is 380 g/mol. The van der Waals surface area contributed by atoms with Gasteiger partial charge < -0.3 is 0 Å². The van der Waals surface area contributed by atoms with Crippen LogP contribution in [0.1, 0.15) is 37.2 Å². The Morgan fingerprint density at radius 3 is 2.54 bits per heavy atom. The Bertz CT molecular complexity index is 1010. The molecule has 1 amide bonds. The molecule has 1 atom stereocenters. The van der Waals surface area contributed by atoms with Crippen molar-refractivity contribution in [3.8, 4) is 0 Å². The molecule has 0 bridgehead atoms. The number of hydrogen-bond acceptors (Lipinski definition) is 4. The zero-order valence-electron chi connectivity index (χ0n) is 14.9. The molecular formula is C21H17ClN2O4. The lowest BCUT2D eigenvalue weighted by molar-refractivity contribution is -0.384. The predicted molar refractivity (Wildman–Crippen MR) is 105 cm³/mol. The summed E-state index contributed by atoms with van der Waals surface area (Å²) in [5, 5.41) is 11.7. The number of amides is 1. The first-order valence-corrected chi connectivity index (χ1v) is 9.42. The molecule has 142 valence electrons. The third kappa shape index (κ3) is 3.20. The van der Waals surface area contributed by atoms with E-state index in [-0.39, 0.29) is 29.7 Å². The van der Waals surface area contributed by atoms with Gasteiger partial charge >= 0.3 is 0 Å². The summed E-state index contributed by atoms with van der Waals surface area (Å²) in [5.74, 6) is -0.458. The van der Waals surface area contributed by atoms with E-state index >= 15 is 0 Å². The Kier molecular flexibility index (Phi) is 4.73. The largest absolute Gasteiger partial charge is 0.294 e. The maximum Gasteiger partial charge on any atom is 0.271 e. The number of carbonyl (C=O) groups is 2. The number of halogens is 1. The minimum Gasteiger partial charge on any atom is -0.294 e. The highest BCUT2D eigenvalue weighted by molar-refractivity contribution is 6.30. The van der Waals surface area contributed by atoms with Crippen LogP contribution in [0, 0.1) is 10.1 Å². The van der Waals surface area contributed by atoms with Crippen LogP contribution in [0.3, 0.4) is 0 Å². The maximum absolute atomic E-state index is 13.1. The van der Waals surface area contributed by atoms with Gasteiger partial charge in [-0.1, -0.05) is 29.8 Å². The summed E-state index contributed by atoms with van der Waals surface area (Å²) < 4.78 is 0. The summed E-state index contributed by atoms with van der Waals surface area (Å²) in [5.41, 5.74) is 2.51. The molecule has 2 aromatic rings. The number of nitro benzene ring substituents is 1. The van der Waals surface area contributed by atoms with Crippen molar-refractivity contribution in [2.75, 3.05) is 4.90 Å². The highest BCUT2D eigenvalue weighted by Gasteiger charge is 2.39. The van der Waals surface area contributed by atoms with Crippen LogP contribution in [0.15, 0.2) is 59.8 Å². The molecule has 0 saturated heterocycles. The summed E-state index contributed by atoms with van der Waals surface area (Å²) in [6, 6.07) is 13.2. The number of anilines is 1. The predicted octanol–water partition coefficient (Wildman–Crippen LogP) is 4.78. The lowest BCUT2D eigenvalue weighted by Gasteiger charge is -2.38. The van der Waals surface area contributed by atoms with E-state index < -0.39 is 4.92 Å². The minimum absolute atomic E-state index is 0.0316. The standard InChI is InChI=1S/C21H17ClN2O4/c22-14-9-7-13(8-10-14)17-12-20(26)23(18-5-2-6-19(25)21(17)18)15-3-1-4-16(11-15)24(27)28/h1,3-4,7-11,17H,2,5-6,12H2. The fraction of sp³-hybridized carbons (Fsp3) is 0.238. The second-order valence-electron chi connectivity index (χ2n) is 6.95. The first-order valence-electron chi connectivity index (χ1n) is 9.05. The molecule has 1 aliphatic carbocycles. The van der Waals surface area contributed by atoms with Gasteiger partial charge in [-0.05, 0) is 36.6 Å². The molecule has 4 rings (SSSR count). The summed E-state index contributed by atoms with van der Waals surface area (Å²) in [6.07, 6.45) is 1.82. The van der Waals surface area contributed by atoms with E-state index in [9.17, 15) is 19.7 Å². The molecule has 28 heavy (non-hydrogen) atoms. The van der Waals surface area contributed by atoms with Gasteiger partial charge in [0, 0.05) is 47.2 Å². The fourth-order valence-corrected chi connectivity index (χ4v) is 4.14. The molecule has 0 N–H and O–H groups in total. The van der Waals surface area contributed by atoms with E-state index in [2.05, 4.69) is 0 Å². The number of allylic oxidation sites excluding steroid dienone is 2. The highest BCUT2D eigenvalue weighted by Crippen LogP contribution is 2.43.